The van der Waals surface area contributed by atoms with Crippen molar-refractivity contribution in [2.24, 2.45) is 0 Å². The van der Waals surface area contributed by atoms with Crippen molar-refractivity contribution in [1.82, 2.24) is 10.2 Å². The maximum absolute atomic E-state index is 11.4. The SMILES string of the molecule is CCN(C)C(=O)CNCc1ccoc1C(=O)O. The highest BCUT2D eigenvalue weighted by Gasteiger charge is 2.14. The van der Waals surface area contributed by atoms with Crippen molar-refractivity contribution in [3.05, 3.63) is 23.7 Å². The van der Waals surface area contributed by atoms with Crippen LogP contribution >= 0.6 is 0 Å². The van der Waals surface area contributed by atoms with Gasteiger partial charge >= 0.3 is 5.97 Å². The van der Waals surface area contributed by atoms with Crippen LogP contribution in [0.1, 0.15) is 23.0 Å². The third kappa shape index (κ3) is 3.60. The molecule has 1 rings (SSSR count). The van der Waals surface area contributed by atoms with Gasteiger partial charge in [-0.3, -0.25) is 4.79 Å². The van der Waals surface area contributed by atoms with Crippen LogP contribution in [-0.4, -0.2) is 42.0 Å². The third-order valence-electron chi connectivity index (χ3n) is 2.43. The van der Waals surface area contributed by atoms with Gasteiger partial charge in [0.2, 0.25) is 11.7 Å². The Morgan fingerprint density at radius 2 is 2.24 bits per heavy atom. The van der Waals surface area contributed by atoms with Gasteiger partial charge in [-0.05, 0) is 13.0 Å². The second-order valence-electron chi connectivity index (χ2n) is 3.59. The van der Waals surface area contributed by atoms with Crippen molar-refractivity contribution in [3.63, 3.8) is 0 Å². The minimum Gasteiger partial charge on any atom is -0.475 e. The zero-order chi connectivity index (χ0) is 12.8. The van der Waals surface area contributed by atoms with Crippen LogP contribution in [0.2, 0.25) is 0 Å². The Morgan fingerprint density at radius 1 is 1.53 bits per heavy atom. The predicted molar refractivity (Wildman–Crippen MR) is 60.7 cm³/mol. The van der Waals surface area contributed by atoms with Gasteiger partial charge in [0, 0.05) is 25.7 Å². The number of hydrogen-bond acceptors (Lipinski definition) is 4. The maximum Gasteiger partial charge on any atom is 0.372 e. The highest BCUT2D eigenvalue weighted by Crippen LogP contribution is 2.09. The summed E-state index contributed by atoms with van der Waals surface area (Å²) < 4.78 is 4.82. The fourth-order valence-electron chi connectivity index (χ4n) is 1.28. The molecule has 0 unspecified atom stereocenters. The van der Waals surface area contributed by atoms with Gasteiger partial charge in [-0.25, -0.2) is 4.79 Å². The topological polar surface area (TPSA) is 82.8 Å². The molecule has 6 nitrogen and oxygen atoms in total. The van der Waals surface area contributed by atoms with E-state index < -0.39 is 5.97 Å². The Morgan fingerprint density at radius 3 is 2.82 bits per heavy atom. The van der Waals surface area contributed by atoms with E-state index in [-0.39, 0.29) is 18.2 Å². The average Bonchev–Trinajstić information content (AvgIpc) is 2.76. The van der Waals surface area contributed by atoms with Crippen LogP contribution in [-0.2, 0) is 11.3 Å². The first-order valence-electron chi connectivity index (χ1n) is 5.30. The zero-order valence-electron chi connectivity index (χ0n) is 9.90. The second kappa shape index (κ2) is 6.05. The van der Waals surface area contributed by atoms with Crippen LogP contribution in [0.15, 0.2) is 16.7 Å². The van der Waals surface area contributed by atoms with E-state index >= 15 is 0 Å². The lowest BCUT2D eigenvalue weighted by atomic mass is 10.2. The molecule has 1 aromatic heterocycles. The molecule has 94 valence electrons. The van der Waals surface area contributed by atoms with E-state index in [4.69, 9.17) is 9.52 Å². The van der Waals surface area contributed by atoms with Gasteiger partial charge in [0.1, 0.15) is 0 Å². The largest absolute Gasteiger partial charge is 0.475 e. The first-order chi connectivity index (χ1) is 8.06. The maximum atomic E-state index is 11.4. The molecule has 1 heterocycles. The molecule has 0 radical (unpaired) electrons. The van der Waals surface area contributed by atoms with E-state index in [9.17, 15) is 9.59 Å². The van der Waals surface area contributed by atoms with E-state index in [0.29, 0.717) is 18.7 Å². The quantitative estimate of drug-likeness (QED) is 0.758. The van der Waals surface area contributed by atoms with Crippen LogP contribution in [0.25, 0.3) is 0 Å². The summed E-state index contributed by atoms with van der Waals surface area (Å²) in [4.78, 5) is 23.8. The van der Waals surface area contributed by atoms with Crippen LogP contribution in [0.5, 0.6) is 0 Å². The highest BCUT2D eigenvalue weighted by molar-refractivity contribution is 5.86. The Labute approximate surface area is 99.2 Å². The molecule has 0 bridgehead atoms. The molecular formula is C11H16N2O4. The van der Waals surface area contributed by atoms with E-state index in [1.807, 2.05) is 6.92 Å². The number of nitrogens with zero attached hydrogens (tertiary/aromatic N) is 1. The molecule has 0 aliphatic rings. The molecule has 1 amide bonds. The summed E-state index contributed by atoms with van der Waals surface area (Å²) in [6.45, 7) is 3.00. The minimum absolute atomic E-state index is 0.0344. The molecule has 0 aliphatic heterocycles. The molecule has 0 aliphatic carbocycles. The number of rotatable bonds is 6. The van der Waals surface area contributed by atoms with Crippen molar-refractivity contribution in [2.45, 2.75) is 13.5 Å². The number of carbonyl (C=O) groups is 2. The number of likely N-dealkylation sites (N-methyl/N-ethyl adjacent to an activating group) is 1. The van der Waals surface area contributed by atoms with Gasteiger partial charge in [0.05, 0.1) is 12.8 Å². The van der Waals surface area contributed by atoms with E-state index in [2.05, 4.69) is 5.32 Å². The van der Waals surface area contributed by atoms with E-state index in [0.717, 1.165) is 0 Å². The monoisotopic (exact) mass is 240 g/mol. The first-order valence-corrected chi connectivity index (χ1v) is 5.30. The van der Waals surface area contributed by atoms with Crippen LogP contribution in [0, 0.1) is 0 Å². The Balaban J connectivity index is 2.43. The summed E-state index contributed by atoms with van der Waals surface area (Å²) in [6.07, 6.45) is 1.32. The number of nitrogens with one attached hydrogen (secondary N) is 1. The summed E-state index contributed by atoms with van der Waals surface area (Å²) in [6, 6.07) is 1.57. The molecule has 0 saturated heterocycles. The molecule has 0 atom stereocenters. The molecule has 0 aromatic carbocycles. The molecular weight excluding hydrogens is 224 g/mol. The molecule has 6 heteroatoms. The fraction of sp³-hybridized carbons (Fsp3) is 0.455. The van der Waals surface area contributed by atoms with Gasteiger partial charge in [-0.15, -0.1) is 0 Å². The standard InChI is InChI=1S/C11H16N2O4/c1-3-13(2)9(14)7-12-6-8-4-5-17-10(8)11(15)16/h4-5,12H,3,6-7H2,1-2H3,(H,15,16). The van der Waals surface area contributed by atoms with Gasteiger partial charge in [-0.2, -0.15) is 0 Å². The van der Waals surface area contributed by atoms with Crippen molar-refractivity contribution >= 4 is 11.9 Å². The lowest BCUT2D eigenvalue weighted by molar-refractivity contribution is -0.128. The zero-order valence-corrected chi connectivity index (χ0v) is 9.90. The Bertz CT molecular complexity index is 400. The average molecular weight is 240 g/mol. The van der Waals surface area contributed by atoms with Crippen molar-refractivity contribution in [1.29, 1.82) is 0 Å². The van der Waals surface area contributed by atoms with Crippen molar-refractivity contribution in [2.75, 3.05) is 20.1 Å². The molecule has 0 spiro atoms. The molecule has 2 N–H and O–H groups in total. The smallest absolute Gasteiger partial charge is 0.372 e. The second-order valence-corrected chi connectivity index (χ2v) is 3.59. The van der Waals surface area contributed by atoms with Crippen LogP contribution in [0.3, 0.4) is 0 Å². The number of aromatic carboxylic acids is 1. The lowest BCUT2D eigenvalue weighted by Crippen LogP contribution is -2.35. The van der Waals surface area contributed by atoms with Gasteiger partial charge in [0.15, 0.2) is 0 Å². The van der Waals surface area contributed by atoms with Crippen LogP contribution in [0.4, 0.5) is 0 Å². The van der Waals surface area contributed by atoms with Gasteiger partial charge < -0.3 is 19.7 Å². The Kier molecular flexibility index (Phi) is 4.71. The van der Waals surface area contributed by atoms with Crippen molar-refractivity contribution < 1.29 is 19.1 Å². The van der Waals surface area contributed by atoms with Crippen LogP contribution < -0.4 is 5.32 Å². The summed E-state index contributed by atoms with van der Waals surface area (Å²) in [5.74, 6) is -1.23. The summed E-state index contributed by atoms with van der Waals surface area (Å²) >= 11 is 0. The molecule has 1 aromatic rings. The number of hydrogen-bond donors (Lipinski definition) is 2. The summed E-state index contributed by atoms with van der Waals surface area (Å²) in [5, 5.41) is 11.7. The highest BCUT2D eigenvalue weighted by atomic mass is 16.4. The summed E-state index contributed by atoms with van der Waals surface area (Å²) in [7, 11) is 1.71. The number of furan rings is 1. The normalized spacial score (nSPS) is 10.2. The molecule has 17 heavy (non-hydrogen) atoms. The van der Waals surface area contributed by atoms with Crippen molar-refractivity contribution in [3.8, 4) is 0 Å². The van der Waals surface area contributed by atoms with Gasteiger partial charge in [-0.1, -0.05) is 0 Å². The Hall–Kier alpha value is -1.82. The molecule has 0 saturated carbocycles. The van der Waals surface area contributed by atoms with E-state index in [1.165, 1.54) is 6.26 Å². The number of carbonyl (C=O) groups excluding carboxylic acids is 1. The third-order valence-corrected chi connectivity index (χ3v) is 2.43. The first kappa shape index (κ1) is 13.2. The number of carboxylic acids is 1. The van der Waals surface area contributed by atoms with Gasteiger partial charge in [0.25, 0.3) is 0 Å². The fourth-order valence-corrected chi connectivity index (χ4v) is 1.28. The lowest BCUT2D eigenvalue weighted by Gasteiger charge is -2.14. The minimum atomic E-state index is -1.11. The number of amides is 1. The molecule has 0 fully saturated rings. The predicted octanol–water partition coefficient (Wildman–Crippen LogP) is 0.546. The summed E-state index contributed by atoms with van der Waals surface area (Å²) in [5.41, 5.74) is 0.532. The number of carboxylic acid groups (broad SMARTS) is 1. The van der Waals surface area contributed by atoms with E-state index in [1.54, 1.807) is 18.0 Å².